The number of nitrogens with two attached hydrogens (primary N) is 1. The summed E-state index contributed by atoms with van der Waals surface area (Å²) >= 11 is 0. The Morgan fingerprint density at radius 3 is 2.74 bits per heavy atom. The molecule has 0 aliphatic carbocycles. The second-order valence-corrected chi connectivity index (χ2v) is 6.39. The van der Waals surface area contributed by atoms with Crippen molar-refractivity contribution in [1.82, 2.24) is 4.90 Å². The molecule has 19 heavy (non-hydrogen) atoms. The maximum atomic E-state index is 5.80. The number of anilines is 1. The van der Waals surface area contributed by atoms with Gasteiger partial charge in [0.25, 0.3) is 0 Å². The van der Waals surface area contributed by atoms with E-state index in [4.69, 9.17) is 5.73 Å². The van der Waals surface area contributed by atoms with Gasteiger partial charge in [-0.25, -0.2) is 0 Å². The minimum Gasteiger partial charge on any atom is -0.365 e. The smallest absolute Gasteiger partial charge is 0.0430 e. The highest BCUT2D eigenvalue weighted by Gasteiger charge is 2.36. The van der Waals surface area contributed by atoms with Gasteiger partial charge in [0.2, 0.25) is 0 Å². The van der Waals surface area contributed by atoms with Crippen molar-refractivity contribution in [1.29, 1.82) is 0 Å². The molecular weight excluding hydrogens is 234 g/mol. The van der Waals surface area contributed by atoms with Gasteiger partial charge >= 0.3 is 0 Å². The van der Waals surface area contributed by atoms with Crippen LogP contribution in [0.1, 0.15) is 25.8 Å². The number of benzene rings is 1. The van der Waals surface area contributed by atoms with Crippen LogP contribution < -0.4 is 10.6 Å². The fourth-order valence-electron chi connectivity index (χ4n) is 2.88. The average Bonchev–Trinajstić information content (AvgIpc) is 2.34. The SMILES string of the molecule is Cc1cccc(N2CC(C)(C)N(C)CC2CCN)c1. The molecule has 3 heteroatoms. The summed E-state index contributed by atoms with van der Waals surface area (Å²) in [4.78, 5) is 5.00. The van der Waals surface area contributed by atoms with Crippen molar-refractivity contribution in [2.45, 2.75) is 38.8 Å². The number of aryl methyl sites for hydroxylation is 1. The largest absolute Gasteiger partial charge is 0.365 e. The Balaban J connectivity index is 2.28. The molecule has 0 aromatic heterocycles. The highest BCUT2D eigenvalue weighted by atomic mass is 15.3. The summed E-state index contributed by atoms with van der Waals surface area (Å²) < 4.78 is 0. The summed E-state index contributed by atoms with van der Waals surface area (Å²) in [5.41, 5.74) is 8.65. The fraction of sp³-hybridized carbons (Fsp3) is 0.625. The Labute approximate surface area is 117 Å². The van der Waals surface area contributed by atoms with Crippen LogP contribution in [0.15, 0.2) is 24.3 Å². The Morgan fingerprint density at radius 1 is 1.37 bits per heavy atom. The Hall–Kier alpha value is -1.06. The summed E-state index contributed by atoms with van der Waals surface area (Å²) in [7, 11) is 2.22. The van der Waals surface area contributed by atoms with Crippen LogP contribution in [0.5, 0.6) is 0 Å². The molecule has 1 atom stereocenters. The molecule has 1 heterocycles. The molecule has 1 aliphatic heterocycles. The van der Waals surface area contributed by atoms with E-state index in [2.05, 4.69) is 61.9 Å². The lowest BCUT2D eigenvalue weighted by Gasteiger charge is -2.51. The molecule has 1 aliphatic rings. The molecule has 3 nitrogen and oxygen atoms in total. The van der Waals surface area contributed by atoms with Crippen LogP contribution in [0.2, 0.25) is 0 Å². The van der Waals surface area contributed by atoms with E-state index in [0.717, 1.165) is 26.1 Å². The van der Waals surface area contributed by atoms with E-state index in [1.807, 2.05) is 0 Å². The van der Waals surface area contributed by atoms with Crippen molar-refractivity contribution in [3.8, 4) is 0 Å². The molecule has 0 bridgehead atoms. The lowest BCUT2D eigenvalue weighted by Crippen LogP contribution is -2.62. The summed E-state index contributed by atoms with van der Waals surface area (Å²) in [6.45, 7) is 9.67. The van der Waals surface area contributed by atoms with Crippen LogP contribution in [-0.2, 0) is 0 Å². The van der Waals surface area contributed by atoms with Crippen molar-refractivity contribution in [2.24, 2.45) is 5.73 Å². The molecule has 1 aromatic rings. The number of piperazine rings is 1. The molecule has 1 aromatic carbocycles. The van der Waals surface area contributed by atoms with E-state index in [9.17, 15) is 0 Å². The number of hydrogen-bond donors (Lipinski definition) is 1. The van der Waals surface area contributed by atoms with E-state index in [0.29, 0.717) is 6.04 Å². The molecule has 1 saturated heterocycles. The van der Waals surface area contributed by atoms with Gasteiger partial charge in [-0.3, -0.25) is 4.90 Å². The predicted molar refractivity (Wildman–Crippen MR) is 82.7 cm³/mol. The van der Waals surface area contributed by atoms with E-state index in [1.165, 1.54) is 11.3 Å². The quantitative estimate of drug-likeness (QED) is 0.906. The Morgan fingerprint density at radius 2 is 2.11 bits per heavy atom. The number of hydrogen-bond acceptors (Lipinski definition) is 3. The van der Waals surface area contributed by atoms with Crippen molar-refractivity contribution in [2.75, 3.05) is 31.6 Å². The first-order valence-electron chi connectivity index (χ1n) is 7.18. The van der Waals surface area contributed by atoms with Crippen LogP contribution in [0.4, 0.5) is 5.69 Å². The first-order valence-corrected chi connectivity index (χ1v) is 7.18. The van der Waals surface area contributed by atoms with Crippen LogP contribution in [-0.4, -0.2) is 43.2 Å². The summed E-state index contributed by atoms with van der Waals surface area (Å²) in [5.74, 6) is 0. The lowest BCUT2D eigenvalue weighted by molar-refractivity contribution is 0.113. The number of rotatable bonds is 3. The maximum Gasteiger partial charge on any atom is 0.0430 e. The third-order valence-electron chi connectivity index (χ3n) is 4.35. The molecule has 0 spiro atoms. The molecular formula is C16H27N3. The van der Waals surface area contributed by atoms with Gasteiger partial charge < -0.3 is 10.6 Å². The topological polar surface area (TPSA) is 32.5 Å². The van der Waals surface area contributed by atoms with Gasteiger partial charge in [0.05, 0.1) is 0 Å². The zero-order valence-corrected chi connectivity index (χ0v) is 12.7. The Bertz CT molecular complexity index is 428. The van der Waals surface area contributed by atoms with Gasteiger partial charge in [0.15, 0.2) is 0 Å². The van der Waals surface area contributed by atoms with Crippen LogP contribution >= 0.6 is 0 Å². The van der Waals surface area contributed by atoms with E-state index < -0.39 is 0 Å². The molecule has 1 unspecified atom stereocenters. The Kier molecular flexibility index (Phi) is 4.16. The predicted octanol–water partition coefficient (Wildman–Crippen LogP) is 2.24. The molecule has 0 radical (unpaired) electrons. The number of likely N-dealkylation sites (N-methyl/N-ethyl adjacent to an activating group) is 1. The monoisotopic (exact) mass is 261 g/mol. The standard InChI is InChI=1S/C16H27N3/c1-13-6-5-7-14(10-13)19-12-16(2,3)18(4)11-15(19)8-9-17/h5-7,10,15H,8-9,11-12,17H2,1-4H3. The number of nitrogens with zero attached hydrogens (tertiary/aromatic N) is 2. The van der Waals surface area contributed by atoms with Gasteiger partial charge in [-0.2, -0.15) is 0 Å². The lowest BCUT2D eigenvalue weighted by atomic mass is 9.94. The molecule has 0 saturated carbocycles. The zero-order chi connectivity index (χ0) is 14.0. The molecule has 0 amide bonds. The van der Waals surface area contributed by atoms with Crippen molar-refractivity contribution in [3.05, 3.63) is 29.8 Å². The van der Waals surface area contributed by atoms with Gasteiger partial charge in [-0.05, 0) is 58.5 Å². The average molecular weight is 261 g/mol. The van der Waals surface area contributed by atoms with Crippen LogP contribution in [0, 0.1) is 6.92 Å². The highest BCUT2D eigenvalue weighted by molar-refractivity contribution is 5.50. The summed E-state index contributed by atoms with van der Waals surface area (Å²) in [6.07, 6.45) is 1.05. The van der Waals surface area contributed by atoms with Crippen molar-refractivity contribution in [3.63, 3.8) is 0 Å². The molecule has 106 valence electrons. The van der Waals surface area contributed by atoms with E-state index in [-0.39, 0.29) is 5.54 Å². The van der Waals surface area contributed by atoms with Crippen molar-refractivity contribution >= 4 is 5.69 Å². The minimum atomic E-state index is 0.203. The second kappa shape index (κ2) is 5.51. The van der Waals surface area contributed by atoms with E-state index >= 15 is 0 Å². The first kappa shape index (κ1) is 14.4. The third kappa shape index (κ3) is 3.10. The fourth-order valence-corrected chi connectivity index (χ4v) is 2.88. The minimum absolute atomic E-state index is 0.203. The second-order valence-electron chi connectivity index (χ2n) is 6.39. The van der Waals surface area contributed by atoms with Crippen molar-refractivity contribution < 1.29 is 0 Å². The molecule has 2 N–H and O–H groups in total. The first-order chi connectivity index (χ1) is 8.94. The van der Waals surface area contributed by atoms with Gasteiger partial charge in [0.1, 0.15) is 0 Å². The van der Waals surface area contributed by atoms with Gasteiger partial charge in [-0.1, -0.05) is 12.1 Å². The normalized spacial score (nSPS) is 23.6. The highest BCUT2D eigenvalue weighted by Crippen LogP contribution is 2.29. The summed E-state index contributed by atoms with van der Waals surface area (Å²) in [5, 5.41) is 0. The third-order valence-corrected chi connectivity index (χ3v) is 4.35. The van der Waals surface area contributed by atoms with E-state index in [1.54, 1.807) is 0 Å². The maximum absolute atomic E-state index is 5.80. The zero-order valence-electron chi connectivity index (χ0n) is 12.7. The van der Waals surface area contributed by atoms with Gasteiger partial charge in [-0.15, -0.1) is 0 Å². The van der Waals surface area contributed by atoms with Crippen LogP contribution in [0.3, 0.4) is 0 Å². The van der Waals surface area contributed by atoms with Crippen LogP contribution in [0.25, 0.3) is 0 Å². The van der Waals surface area contributed by atoms with Gasteiger partial charge in [0, 0.05) is 30.4 Å². The summed E-state index contributed by atoms with van der Waals surface area (Å²) in [6, 6.07) is 9.32. The molecule has 2 rings (SSSR count). The molecule has 1 fully saturated rings.